The summed E-state index contributed by atoms with van der Waals surface area (Å²) in [5, 5.41) is 12.6. The SMILES string of the molecule is CCOC(=O)C1=C(O)/C(=C/c2cn(Cc3ccccc3)c3ccc(Br)cc23)SC1=Nc1ccccc1. The van der Waals surface area contributed by atoms with Crippen LogP contribution in [-0.4, -0.2) is 27.3 Å². The van der Waals surface area contributed by atoms with Gasteiger partial charge in [-0.15, -0.1) is 0 Å². The van der Waals surface area contributed by atoms with Gasteiger partial charge >= 0.3 is 5.97 Å². The fourth-order valence-electron chi connectivity index (χ4n) is 4.08. The minimum Gasteiger partial charge on any atom is -0.506 e. The number of aliphatic hydroxyl groups is 1. The van der Waals surface area contributed by atoms with Crippen molar-refractivity contribution < 1.29 is 14.6 Å². The Morgan fingerprint density at radius 3 is 2.53 bits per heavy atom. The minimum atomic E-state index is -0.588. The summed E-state index contributed by atoms with van der Waals surface area (Å²) in [7, 11) is 0. The molecule has 180 valence electrons. The number of aliphatic imine (C=N–C) groups is 1. The molecule has 0 amide bonds. The van der Waals surface area contributed by atoms with Gasteiger partial charge in [-0.1, -0.05) is 76.2 Å². The van der Waals surface area contributed by atoms with Crippen LogP contribution < -0.4 is 0 Å². The monoisotopic (exact) mass is 558 g/mol. The third-order valence-corrected chi connectivity index (χ3v) is 7.23. The van der Waals surface area contributed by atoms with Crippen LogP contribution in [0.2, 0.25) is 0 Å². The van der Waals surface area contributed by atoms with Crippen LogP contribution in [0, 0.1) is 0 Å². The molecule has 2 heterocycles. The second-order valence-electron chi connectivity index (χ2n) is 8.17. The third-order valence-electron chi connectivity index (χ3n) is 5.71. The summed E-state index contributed by atoms with van der Waals surface area (Å²) < 4.78 is 8.38. The first-order valence-corrected chi connectivity index (χ1v) is 13.1. The summed E-state index contributed by atoms with van der Waals surface area (Å²) in [5.41, 5.74) is 3.98. The molecule has 0 saturated carbocycles. The Balaban J connectivity index is 1.60. The molecule has 1 aromatic heterocycles. The Kier molecular flexibility index (Phi) is 7.11. The average molecular weight is 559 g/mol. The van der Waals surface area contributed by atoms with Gasteiger partial charge < -0.3 is 14.4 Å². The van der Waals surface area contributed by atoms with E-state index >= 15 is 0 Å². The van der Waals surface area contributed by atoms with Crippen LogP contribution >= 0.6 is 27.7 Å². The van der Waals surface area contributed by atoms with Gasteiger partial charge in [-0.25, -0.2) is 9.79 Å². The van der Waals surface area contributed by atoms with Crippen LogP contribution in [0.25, 0.3) is 17.0 Å². The lowest BCUT2D eigenvalue weighted by Crippen LogP contribution is -2.12. The predicted octanol–water partition coefficient (Wildman–Crippen LogP) is 7.65. The highest BCUT2D eigenvalue weighted by Crippen LogP contribution is 2.41. The van der Waals surface area contributed by atoms with Crippen molar-refractivity contribution in [2.24, 2.45) is 4.99 Å². The molecule has 1 aliphatic rings. The van der Waals surface area contributed by atoms with Crippen LogP contribution in [0.4, 0.5) is 5.69 Å². The first-order valence-electron chi connectivity index (χ1n) is 11.5. The topological polar surface area (TPSA) is 63.8 Å². The number of thioether (sulfide) groups is 1. The number of ether oxygens (including phenoxy) is 1. The maximum Gasteiger partial charge on any atom is 0.344 e. The molecular weight excluding hydrogens is 536 g/mol. The second-order valence-corrected chi connectivity index (χ2v) is 10.1. The molecular formula is C29H23BrN2O3S. The van der Waals surface area contributed by atoms with E-state index in [-0.39, 0.29) is 17.9 Å². The highest BCUT2D eigenvalue weighted by atomic mass is 79.9. The van der Waals surface area contributed by atoms with Gasteiger partial charge in [0.2, 0.25) is 0 Å². The minimum absolute atomic E-state index is 0.0890. The number of fused-ring (bicyclic) bond motifs is 1. The molecule has 0 unspecified atom stereocenters. The predicted molar refractivity (Wildman–Crippen MR) is 151 cm³/mol. The van der Waals surface area contributed by atoms with E-state index in [9.17, 15) is 9.90 Å². The Morgan fingerprint density at radius 1 is 1.08 bits per heavy atom. The number of halogens is 1. The summed E-state index contributed by atoms with van der Waals surface area (Å²) >= 11 is 4.85. The molecule has 1 N–H and O–H groups in total. The lowest BCUT2D eigenvalue weighted by atomic mass is 10.1. The molecule has 4 aromatic rings. The molecule has 36 heavy (non-hydrogen) atoms. The van der Waals surface area contributed by atoms with Gasteiger partial charge in [0.25, 0.3) is 0 Å². The molecule has 0 radical (unpaired) electrons. The smallest absolute Gasteiger partial charge is 0.344 e. The van der Waals surface area contributed by atoms with E-state index in [1.165, 1.54) is 17.3 Å². The van der Waals surface area contributed by atoms with Crippen molar-refractivity contribution in [1.82, 2.24) is 4.57 Å². The van der Waals surface area contributed by atoms with Crippen LogP contribution in [0.3, 0.4) is 0 Å². The summed E-state index contributed by atoms with van der Waals surface area (Å²) in [6.45, 7) is 2.66. The number of carbonyl (C=O) groups is 1. The highest BCUT2D eigenvalue weighted by Gasteiger charge is 2.33. The number of rotatable bonds is 6. The Labute approximate surface area is 222 Å². The number of hydrogen-bond donors (Lipinski definition) is 1. The maximum atomic E-state index is 12.7. The van der Waals surface area contributed by atoms with Crippen molar-refractivity contribution in [3.05, 3.63) is 117 Å². The first-order chi connectivity index (χ1) is 17.5. The van der Waals surface area contributed by atoms with Gasteiger partial charge in [0.1, 0.15) is 16.4 Å². The van der Waals surface area contributed by atoms with Crippen LogP contribution in [0.5, 0.6) is 0 Å². The van der Waals surface area contributed by atoms with Gasteiger partial charge in [0.15, 0.2) is 0 Å². The molecule has 7 heteroatoms. The van der Waals surface area contributed by atoms with E-state index in [4.69, 9.17) is 4.74 Å². The average Bonchev–Trinajstić information content (AvgIpc) is 3.36. The molecule has 5 rings (SSSR count). The number of aromatic nitrogens is 1. The van der Waals surface area contributed by atoms with Gasteiger partial charge in [-0.2, -0.15) is 0 Å². The van der Waals surface area contributed by atoms with Crippen molar-refractivity contribution in [3.63, 3.8) is 0 Å². The van der Waals surface area contributed by atoms with Crippen molar-refractivity contribution in [3.8, 4) is 0 Å². The standard InChI is InChI=1S/C29H23BrN2O3S/c1-2-35-29(34)26-27(33)25(36-28(26)31-22-11-7-4-8-12-22)15-20-18-32(17-19-9-5-3-6-10-19)24-14-13-21(30)16-23(20)24/h3-16,18,33H,2,17H2,1H3/b25-15-,31-28?. The lowest BCUT2D eigenvalue weighted by molar-refractivity contribution is -0.138. The first kappa shape index (κ1) is 24.2. The summed E-state index contributed by atoms with van der Waals surface area (Å²) in [4.78, 5) is 17.9. The molecule has 3 aromatic carbocycles. The molecule has 0 fully saturated rings. The number of aliphatic hydroxyl groups excluding tert-OH is 1. The number of para-hydroxylation sites is 1. The fraction of sp³-hybridized carbons (Fsp3) is 0.103. The number of benzene rings is 3. The van der Waals surface area contributed by atoms with Crippen LogP contribution in [0.1, 0.15) is 18.1 Å². The quantitative estimate of drug-likeness (QED) is 0.247. The van der Waals surface area contributed by atoms with Gasteiger partial charge in [-0.3, -0.25) is 0 Å². The molecule has 5 nitrogen and oxygen atoms in total. The Morgan fingerprint density at radius 2 is 1.81 bits per heavy atom. The van der Waals surface area contributed by atoms with E-state index in [0.717, 1.165) is 20.9 Å². The highest BCUT2D eigenvalue weighted by molar-refractivity contribution is 9.10. The second kappa shape index (κ2) is 10.6. The van der Waals surface area contributed by atoms with Crippen molar-refractivity contribution >= 4 is 61.4 Å². The van der Waals surface area contributed by atoms with E-state index in [2.05, 4.69) is 56.0 Å². The van der Waals surface area contributed by atoms with Gasteiger partial charge in [-0.05, 0) is 48.9 Å². The van der Waals surface area contributed by atoms with Crippen molar-refractivity contribution in [2.75, 3.05) is 6.61 Å². The molecule has 0 spiro atoms. The van der Waals surface area contributed by atoms with Crippen molar-refractivity contribution in [2.45, 2.75) is 13.5 Å². The van der Waals surface area contributed by atoms with Gasteiger partial charge in [0.05, 0.1) is 17.2 Å². The summed E-state index contributed by atoms with van der Waals surface area (Å²) in [6, 6.07) is 25.8. The molecule has 0 saturated heterocycles. The zero-order valence-corrected chi connectivity index (χ0v) is 21.9. The fourth-order valence-corrected chi connectivity index (χ4v) is 5.46. The molecule has 0 atom stereocenters. The Bertz CT molecular complexity index is 1520. The zero-order valence-electron chi connectivity index (χ0n) is 19.5. The molecule has 0 aliphatic carbocycles. The van der Waals surface area contributed by atoms with Gasteiger partial charge in [0, 0.05) is 33.7 Å². The van der Waals surface area contributed by atoms with E-state index in [1.54, 1.807) is 6.92 Å². The molecule has 0 bridgehead atoms. The summed E-state index contributed by atoms with van der Waals surface area (Å²) in [6.07, 6.45) is 3.98. The number of esters is 1. The van der Waals surface area contributed by atoms with E-state index < -0.39 is 5.97 Å². The third kappa shape index (κ3) is 5.03. The maximum absolute atomic E-state index is 12.7. The van der Waals surface area contributed by atoms with Crippen molar-refractivity contribution in [1.29, 1.82) is 0 Å². The molecule has 1 aliphatic heterocycles. The largest absolute Gasteiger partial charge is 0.506 e. The zero-order chi connectivity index (χ0) is 25.1. The summed E-state index contributed by atoms with van der Waals surface area (Å²) in [5.74, 6) is -0.707. The lowest BCUT2D eigenvalue weighted by Gasteiger charge is -2.05. The Hall–Kier alpha value is -3.55. The van der Waals surface area contributed by atoms with E-state index in [1.807, 2.05) is 60.7 Å². The number of hydrogen-bond acceptors (Lipinski definition) is 5. The van der Waals surface area contributed by atoms with E-state index in [0.29, 0.717) is 22.2 Å². The van der Waals surface area contributed by atoms with Crippen LogP contribution in [-0.2, 0) is 16.1 Å². The van der Waals surface area contributed by atoms with Crippen LogP contribution in [0.15, 0.2) is 111 Å². The number of carbonyl (C=O) groups excluding carboxylic acids is 1. The normalized spacial score (nSPS) is 15.8. The number of nitrogens with zero attached hydrogens (tertiary/aromatic N) is 2.